The Morgan fingerprint density at radius 2 is 1.77 bits per heavy atom. The molecule has 26 heavy (non-hydrogen) atoms. The molecule has 0 spiro atoms. The lowest BCUT2D eigenvalue weighted by Crippen LogP contribution is -2.32. The molecule has 1 atom stereocenters. The van der Waals surface area contributed by atoms with Crippen molar-refractivity contribution in [3.8, 4) is 0 Å². The highest BCUT2D eigenvalue weighted by Gasteiger charge is 2.19. The number of nitrogens with one attached hydrogen (secondary N) is 2. The smallest absolute Gasteiger partial charge is 0.246 e. The van der Waals surface area contributed by atoms with Gasteiger partial charge in [-0.3, -0.25) is 4.79 Å². The second-order valence-corrected chi connectivity index (χ2v) is 8.64. The Hall–Kier alpha value is -2.38. The minimum Gasteiger partial charge on any atom is -0.374 e. The summed E-state index contributed by atoms with van der Waals surface area (Å²) in [6.45, 7) is 5.73. The Morgan fingerprint density at radius 3 is 2.42 bits per heavy atom. The molecule has 2 aromatic rings. The fourth-order valence-corrected chi connectivity index (χ4v) is 3.33. The Bertz CT molecular complexity index is 908. The molecule has 6 nitrogen and oxygen atoms in total. The van der Waals surface area contributed by atoms with E-state index in [1.54, 1.807) is 19.1 Å². The van der Waals surface area contributed by atoms with E-state index in [0.717, 1.165) is 21.1 Å². The van der Waals surface area contributed by atoms with Gasteiger partial charge in [-0.1, -0.05) is 18.2 Å². The summed E-state index contributed by atoms with van der Waals surface area (Å²) in [4.78, 5) is 12.6. The fourth-order valence-electron chi connectivity index (χ4n) is 2.39. The number of hydrogen-bond acceptors (Lipinski definition) is 4. The standard InChI is InChI=1S/C19H25N3O3S/c1-13-9-10-14(2)18(11-13)20-15(3)19(23)21-16-7-6-8-17(12-16)26(24,25)22(4)5/h6-12,15,20H,1-5H3,(H,21,23)/t15-/m0/s1. The van der Waals surface area contributed by atoms with Crippen molar-refractivity contribution in [1.82, 2.24) is 4.31 Å². The molecule has 2 N–H and O–H groups in total. The minimum absolute atomic E-state index is 0.135. The van der Waals surface area contributed by atoms with Crippen LogP contribution >= 0.6 is 0 Å². The Kier molecular flexibility index (Phi) is 6.05. The van der Waals surface area contributed by atoms with Crippen LogP contribution in [0, 0.1) is 13.8 Å². The third kappa shape index (κ3) is 4.62. The number of nitrogens with zero attached hydrogens (tertiary/aromatic N) is 1. The lowest BCUT2D eigenvalue weighted by Gasteiger charge is -2.18. The first-order valence-electron chi connectivity index (χ1n) is 8.28. The number of amides is 1. The molecule has 0 heterocycles. The monoisotopic (exact) mass is 375 g/mol. The highest BCUT2D eigenvalue weighted by Crippen LogP contribution is 2.20. The molecule has 2 rings (SSSR count). The lowest BCUT2D eigenvalue weighted by molar-refractivity contribution is -0.116. The number of hydrogen-bond donors (Lipinski definition) is 2. The number of sulfonamides is 1. The summed E-state index contributed by atoms with van der Waals surface area (Å²) in [5.41, 5.74) is 3.49. The number of aryl methyl sites for hydroxylation is 2. The van der Waals surface area contributed by atoms with Gasteiger partial charge >= 0.3 is 0 Å². The maximum Gasteiger partial charge on any atom is 0.246 e. The van der Waals surface area contributed by atoms with E-state index >= 15 is 0 Å². The Labute approximate surface area is 155 Å². The molecular formula is C19H25N3O3S. The van der Waals surface area contributed by atoms with E-state index in [2.05, 4.69) is 10.6 Å². The summed E-state index contributed by atoms with van der Waals surface area (Å²) in [6.07, 6.45) is 0. The van der Waals surface area contributed by atoms with E-state index in [1.807, 2.05) is 32.0 Å². The maximum absolute atomic E-state index is 12.5. The van der Waals surface area contributed by atoms with E-state index in [4.69, 9.17) is 0 Å². The summed E-state index contributed by atoms with van der Waals surface area (Å²) in [7, 11) is -0.610. The molecule has 0 aliphatic carbocycles. The zero-order valence-corrected chi connectivity index (χ0v) is 16.5. The summed E-state index contributed by atoms with van der Waals surface area (Å²) < 4.78 is 25.6. The zero-order valence-electron chi connectivity index (χ0n) is 15.7. The predicted octanol–water partition coefficient (Wildman–Crippen LogP) is 2.99. The van der Waals surface area contributed by atoms with Crippen molar-refractivity contribution in [2.45, 2.75) is 31.7 Å². The van der Waals surface area contributed by atoms with Crippen molar-refractivity contribution in [1.29, 1.82) is 0 Å². The van der Waals surface area contributed by atoms with E-state index in [1.165, 1.54) is 26.2 Å². The van der Waals surface area contributed by atoms with Crippen LogP contribution in [-0.4, -0.2) is 38.8 Å². The van der Waals surface area contributed by atoms with Gasteiger partial charge < -0.3 is 10.6 Å². The molecule has 7 heteroatoms. The van der Waals surface area contributed by atoms with Gasteiger partial charge in [0.25, 0.3) is 0 Å². The van der Waals surface area contributed by atoms with Gasteiger partial charge in [0, 0.05) is 25.5 Å². The van der Waals surface area contributed by atoms with Crippen LogP contribution in [0.3, 0.4) is 0 Å². The Balaban J connectivity index is 2.13. The average Bonchev–Trinajstić information content (AvgIpc) is 2.58. The predicted molar refractivity (Wildman–Crippen MR) is 105 cm³/mol. The maximum atomic E-state index is 12.5. The van der Waals surface area contributed by atoms with Gasteiger partial charge in [-0.15, -0.1) is 0 Å². The van der Waals surface area contributed by atoms with Crippen LogP contribution < -0.4 is 10.6 Å². The van der Waals surface area contributed by atoms with Crippen LogP contribution in [-0.2, 0) is 14.8 Å². The molecule has 0 aliphatic heterocycles. The van der Waals surface area contributed by atoms with Crippen LogP contribution in [0.25, 0.3) is 0 Å². The molecule has 0 fully saturated rings. The molecule has 0 aromatic heterocycles. The van der Waals surface area contributed by atoms with Gasteiger partial charge in [-0.25, -0.2) is 12.7 Å². The topological polar surface area (TPSA) is 78.5 Å². The molecule has 0 bridgehead atoms. The fraction of sp³-hybridized carbons (Fsp3) is 0.316. The van der Waals surface area contributed by atoms with Crippen molar-refractivity contribution < 1.29 is 13.2 Å². The molecule has 140 valence electrons. The molecule has 0 radical (unpaired) electrons. The number of benzene rings is 2. The van der Waals surface area contributed by atoms with E-state index in [-0.39, 0.29) is 10.8 Å². The highest BCUT2D eigenvalue weighted by molar-refractivity contribution is 7.89. The van der Waals surface area contributed by atoms with Crippen LogP contribution in [0.4, 0.5) is 11.4 Å². The summed E-state index contributed by atoms with van der Waals surface area (Å²) in [6, 6.07) is 11.8. The molecule has 0 saturated heterocycles. The van der Waals surface area contributed by atoms with Crippen molar-refractivity contribution in [2.75, 3.05) is 24.7 Å². The third-order valence-electron chi connectivity index (χ3n) is 4.04. The van der Waals surface area contributed by atoms with Crippen molar-refractivity contribution in [2.24, 2.45) is 0 Å². The Morgan fingerprint density at radius 1 is 1.08 bits per heavy atom. The molecule has 2 aromatic carbocycles. The number of carbonyl (C=O) groups is 1. The first-order valence-corrected chi connectivity index (χ1v) is 9.72. The van der Waals surface area contributed by atoms with Crippen LogP contribution in [0.15, 0.2) is 47.4 Å². The highest BCUT2D eigenvalue weighted by atomic mass is 32.2. The van der Waals surface area contributed by atoms with Gasteiger partial charge in [0.1, 0.15) is 6.04 Å². The number of rotatable bonds is 6. The van der Waals surface area contributed by atoms with Gasteiger partial charge in [0.2, 0.25) is 15.9 Å². The van der Waals surface area contributed by atoms with Gasteiger partial charge in [-0.2, -0.15) is 0 Å². The lowest BCUT2D eigenvalue weighted by atomic mass is 10.1. The average molecular weight is 375 g/mol. The first-order chi connectivity index (χ1) is 12.1. The first kappa shape index (κ1) is 19.9. The van der Waals surface area contributed by atoms with Crippen LogP contribution in [0.2, 0.25) is 0 Å². The normalized spacial score (nSPS) is 12.7. The van der Waals surface area contributed by atoms with Gasteiger partial charge in [-0.05, 0) is 56.2 Å². The van der Waals surface area contributed by atoms with E-state index in [0.29, 0.717) is 5.69 Å². The molecular weight excluding hydrogens is 350 g/mol. The quantitative estimate of drug-likeness (QED) is 0.814. The van der Waals surface area contributed by atoms with Gasteiger partial charge in [0.05, 0.1) is 4.90 Å². The molecule has 1 amide bonds. The minimum atomic E-state index is -3.55. The largest absolute Gasteiger partial charge is 0.374 e. The van der Waals surface area contributed by atoms with Crippen molar-refractivity contribution >= 4 is 27.3 Å². The van der Waals surface area contributed by atoms with Crippen LogP contribution in [0.5, 0.6) is 0 Å². The third-order valence-corrected chi connectivity index (χ3v) is 5.85. The SMILES string of the molecule is Cc1ccc(C)c(N[C@@H](C)C(=O)Nc2cccc(S(=O)(=O)N(C)C)c2)c1. The summed E-state index contributed by atoms with van der Waals surface area (Å²) >= 11 is 0. The second kappa shape index (κ2) is 7.88. The van der Waals surface area contributed by atoms with E-state index < -0.39 is 16.1 Å². The number of carbonyl (C=O) groups excluding carboxylic acids is 1. The van der Waals surface area contributed by atoms with Crippen LogP contribution in [0.1, 0.15) is 18.1 Å². The van der Waals surface area contributed by atoms with Crippen molar-refractivity contribution in [3.05, 3.63) is 53.6 Å². The van der Waals surface area contributed by atoms with E-state index in [9.17, 15) is 13.2 Å². The zero-order chi connectivity index (χ0) is 19.5. The second-order valence-electron chi connectivity index (χ2n) is 6.49. The number of anilines is 2. The van der Waals surface area contributed by atoms with Gasteiger partial charge in [0.15, 0.2) is 0 Å². The summed E-state index contributed by atoms with van der Waals surface area (Å²) in [5.74, 6) is -0.245. The molecule has 0 aliphatic rings. The van der Waals surface area contributed by atoms with Crippen molar-refractivity contribution in [3.63, 3.8) is 0 Å². The summed E-state index contributed by atoms with van der Waals surface area (Å²) in [5, 5.41) is 5.96. The molecule has 0 saturated carbocycles. The molecule has 0 unspecified atom stereocenters.